The van der Waals surface area contributed by atoms with Crippen molar-refractivity contribution < 1.29 is 14.3 Å². The van der Waals surface area contributed by atoms with Crippen LogP contribution in [-0.2, 0) is 9.53 Å². The molecule has 1 aromatic carbocycles. The molecule has 0 bridgehead atoms. The molecule has 0 saturated carbocycles. The topological polar surface area (TPSA) is 73.3 Å². The summed E-state index contributed by atoms with van der Waals surface area (Å²) in [5.74, 6) is 0.634. The number of hydrogen-bond donors (Lipinski definition) is 1. The lowest BCUT2D eigenvalue weighted by molar-refractivity contribution is -0.133. The monoisotopic (exact) mass is 341 g/mol. The van der Waals surface area contributed by atoms with Gasteiger partial charge in [-0.05, 0) is 18.2 Å². The second-order valence-electron chi connectivity index (χ2n) is 5.53. The second-order valence-corrected chi connectivity index (χ2v) is 6.42. The fourth-order valence-electron chi connectivity index (χ4n) is 2.54. The smallest absolute Gasteiger partial charge is 0.232 e. The quantitative estimate of drug-likeness (QED) is 0.790. The third kappa shape index (κ3) is 2.72. The predicted molar refractivity (Wildman–Crippen MR) is 92.3 cm³/mol. The summed E-state index contributed by atoms with van der Waals surface area (Å²) in [6.07, 6.45) is 1.79. The van der Waals surface area contributed by atoms with Gasteiger partial charge < -0.3 is 14.8 Å². The number of carbonyl (C=O) groups excluding carboxylic acids is 1. The molecule has 1 saturated heterocycles. The fraction of sp³-hybridized carbons (Fsp3) is 0.235. The van der Waals surface area contributed by atoms with Gasteiger partial charge in [-0.1, -0.05) is 0 Å². The summed E-state index contributed by atoms with van der Waals surface area (Å²) < 4.78 is 10.6. The SMILES string of the molecule is COc1cc(-c2cncs2)nc2ccc(NC(=O)C3COC3)cc12. The number of fused-ring (bicyclic) bond motifs is 1. The molecule has 1 aliphatic rings. The highest BCUT2D eigenvalue weighted by atomic mass is 32.1. The Morgan fingerprint density at radius 3 is 2.92 bits per heavy atom. The van der Waals surface area contributed by atoms with Crippen molar-refractivity contribution in [1.82, 2.24) is 9.97 Å². The molecular weight excluding hydrogens is 326 g/mol. The van der Waals surface area contributed by atoms with Gasteiger partial charge in [0.1, 0.15) is 5.75 Å². The van der Waals surface area contributed by atoms with E-state index in [0.717, 1.165) is 27.2 Å². The molecular formula is C17H15N3O3S. The first-order chi connectivity index (χ1) is 11.7. The van der Waals surface area contributed by atoms with Crippen molar-refractivity contribution in [2.24, 2.45) is 5.92 Å². The van der Waals surface area contributed by atoms with Gasteiger partial charge in [-0.15, -0.1) is 11.3 Å². The Morgan fingerprint density at radius 1 is 1.38 bits per heavy atom. The maximum atomic E-state index is 12.1. The van der Waals surface area contributed by atoms with E-state index < -0.39 is 0 Å². The van der Waals surface area contributed by atoms with Gasteiger partial charge >= 0.3 is 0 Å². The normalized spacial score (nSPS) is 14.4. The van der Waals surface area contributed by atoms with E-state index in [1.54, 1.807) is 18.8 Å². The number of nitrogens with one attached hydrogen (secondary N) is 1. The molecule has 1 amide bonds. The third-order valence-corrected chi connectivity index (χ3v) is 4.75. The largest absolute Gasteiger partial charge is 0.496 e. The van der Waals surface area contributed by atoms with E-state index in [0.29, 0.717) is 19.0 Å². The predicted octanol–water partition coefficient (Wildman–Crippen LogP) is 2.95. The van der Waals surface area contributed by atoms with Crippen molar-refractivity contribution in [2.75, 3.05) is 25.6 Å². The molecule has 7 heteroatoms. The number of methoxy groups -OCH3 is 1. The van der Waals surface area contributed by atoms with Gasteiger partial charge in [0.05, 0.1) is 47.8 Å². The zero-order valence-electron chi connectivity index (χ0n) is 13.0. The van der Waals surface area contributed by atoms with Crippen LogP contribution in [0.5, 0.6) is 5.75 Å². The standard InChI is InChI=1S/C17H15N3O3S/c1-22-15-5-14(16-6-18-9-24-16)20-13-3-2-11(4-12(13)15)19-17(21)10-7-23-8-10/h2-6,9-10H,7-8H2,1H3,(H,19,21). The van der Waals surface area contributed by atoms with E-state index in [2.05, 4.69) is 15.3 Å². The Hall–Kier alpha value is -2.51. The van der Waals surface area contributed by atoms with Crippen molar-refractivity contribution in [2.45, 2.75) is 0 Å². The second kappa shape index (κ2) is 6.18. The summed E-state index contributed by atoms with van der Waals surface area (Å²) in [6.45, 7) is 0.977. The van der Waals surface area contributed by atoms with Crippen molar-refractivity contribution in [3.8, 4) is 16.3 Å². The third-order valence-electron chi connectivity index (χ3n) is 3.95. The van der Waals surface area contributed by atoms with Crippen LogP contribution in [-0.4, -0.2) is 36.2 Å². The number of nitrogens with zero attached hydrogens (tertiary/aromatic N) is 2. The van der Waals surface area contributed by atoms with Crippen molar-refractivity contribution in [3.63, 3.8) is 0 Å². The maximum Gasteiger partial charge on any atom is 0.232 e. The van der Waals surface area contributed by atoms with Crippen LogP contribution in [0.25, 0.3) is 21.5 Å². The van der Waals surface area contributed by atoms with Gasteiger partial charge in [0.15, 0.2) is 0 Å². The summed E-state index contributed by atoms with van der Waals surface area (Å²) in [7, 11) is 1.63. The number of pyridine rings is 1. The van der Waals surface area contributed by atoms with Gasteiger partial charge in [0, 0.05) is 23.3 Å². The highest BCUT2D eigenvalue weighted by molar-refractivity contribution is 7.13. The van der Waals surface area contributed by atoms with Crippen LogP contribution in [0.2, 0.25) is 0 Å². The molecule has 1 aliphatic heterocycles. The van der Waals surface area contributed by atoms with Crippen molar-refractivity contribution in [1.29, 1.82) is 0 Å². The summed E-state index contributed by atoms with van der Waals surface area (Å²) >= 11 is 1.53. The Labute approximate surface area is 142 Å². The van der Waals surface area contributed by atoms with Crippen LogP contribution in [0.1, 0.15) is 0 Å². The molecule has 2 aromatic heterocycles. The van der Waals surface area contributed by atoms with Crippen LogP contribution in [0.4, 0.5) is 5.69 Å². The number of thiazole rings is 1. The molecule has 3 aromatic rings. The molecule has 24 heavy (non-hydrogen) atoms. The van der Waals surface area contributed by atoms with Crippen molar-refractivity contribution >= 4 is 33.8 Å². The van der Waals surface area contributed by atoms with Gasteiger partial charge in [0.2, 0.25) is 5.91 Å². The Kier molecular flexibility index (Phi) is 3.87. The van der Waals surface area contributed by atoms with Crippen LogP contribution >= 0.6 is 11.3 Å². The minimum atomic E-state index is -0.0607. The van der Waals surface area contributed by atoms with Crippen LogP contribution in [0, 0.1) is 5.92 Å². The summed E-state index contributed by atoms with van der Waals surface area (Å²) in [4.78, 5) is 21.8. The zero-order valence-corrected chi connectivity index (χ0v) is 13.8. The first-order valence-corrected chi connectivity index (χ1v) is 8.39. The van der Waals surface area contributed by atoms with E-state index in [9.17, 15) is 4.79 Å². The fourth-order valence-corrected chi connectivity index (χ4v) is 3.12. The average Bonchev–Trinajstić information content (AvgIpc) is 3.06. The first kappa shape index (κ1) is 15.0. The van der Waals surface area contributed by atoms with E-state index in [1.165, 1.54) is 11.3 Å². The highest BCUT2D eigenvalue weighted by Crippen LogP contribution is 2.33. The van der Waals surface area contributed by atoms with Gasteiger partial charge in [-0.2, -0.15) is 0 Å². The molecule has 122 valence electrons. The highest BCUT2D eigenvalue weighted by Gasteiger charge is 2.26. The molecule has 0 radical (unpaired) electrons. The number of carbonyl (C=O) groups is 1. The first-order valence-electron chi connectivity index (χ1n) is 7.51. The summed E-state index contributed by atoms with van der Waals surface area (Å²) in [6, 6.07) is 7.51. The number of ether oxygens (including phenoxy) is 2. The minimum Gasteiger partial charge on any atom is -0.496 e. The summed E-state index contributed by atoms with van der Waals surface area (Å²) in [5.41, 5.74) is 4.13. The maximum absolute atomic E-state index is 12.1. The van der Waals surface area contributed by atoms with Crippen LogP contribution < -0.4 is 10.1 Å². The van der Waals surface area contributed by atoms with Crippen LogP contribution in [0.3, 0.4) is 0 Å². The molecule has 1 N–H and O–H groups in total. The number of hydrogen-bond acceptors (Lipinski definition) is 6. The molecule has 0 spiro atoms. The number of aromatic nitrogens is 2. The number of rotatable bonds is 4. The lowest BCUT2D eigenvalue weighted by atomic mass is 10.1. The Morgan fingerprint density at radius 2 is 2.25 bits per heavy atom. The van der Waals surface area contributed by atoms with E-state index >= 15 is 0 Å². The minimum absolute atomic E-state index is 0.0196. The molecule has 0 aliphatic carbocycles. The van der Waals surface area contributed by atoms with Gasteiger partial charge in [0.25, 0.3) is 0 Å². The zero-order chi connectivity index (χ0) is 16.5. The molecule has 0 atom stereocenters. The molecule has 3 heterocycles. The van der Waals surface area contributed by atoms with E-state index in [4.69, 9.17) is 9.47 Å². The van der Waals surface area contributed by atoms with E-state index in [1.807, 2.05) is 24.3 Å². The average molecular weight is 341 g/mol. The number of anilines is 1. The van der Waals surface area contributed by atoms with Crippen LogP contribution in [0.15, 0.2) is 36.0 Å². The Bertz CT molecular complexity index is 891. The molecule has 6 nitrogen and oxygen atoms in total. The van der Waals surface area contributed by atoms with E-state index in [-0.39, 0.29) is 11.8 Å². The molecule has 1 fully saturated rings. The lowest BCUT2D eigenvalue weighted by Gasteiger charge is -2.24. The van der Waals surface area contributed by atoms with Gasteiger partial charge in [-0.25, -0.2) is 4.98 Å². The molecule has 4 rings (SSSR count). The van der Waals surface area contributed by atoms with Gasteiger partial charge in [-0.3, -0.25) is 9.78 Å². The number of amides is 1. The Balaban J connectivity index is 1.70. The lowest BCUT2D eigenvalue weighted by Crippen LogP contribution is -2.38. The van der Waals surface area contributed by atoms with Crippen molar-refractivity contribution in [3.05, 3.63) is 36.0 Å². The molecule has 0 unspecified atom stereocenters. The number of benzene rings is 1. The summed E-state index contributed by atoms with van der Waals surface area (Å²) in [5, 5.41) is 3.77.